The standard InChI is InChI=1S/C24H26O2Si/c1-24(2,3)27(21-15-9-5-10-16-21,22-17-11-6-12-18-22)26-19-23(25)20-13-7-4-8-14-20/h4-18H,19H2,1-3H3. The SMILES string of the molecule is CC(C)(C)[Si](OCC(=O)c1ccccc1)(c1ccccc1)c1ccccc1. The minimum atomic E-state index is -2.67. The first-order valence-electron chi connectivity index (χ1n) is 9.28. The molecular formula is C24H26O2Si. The van der Waals surface area contributed by atoms with Gasteiger partial charge < -0.3 is 4.43 Å². The van der Waals surface area contributed by atoms with E-state index in [2.05, 4.69) is 45.0 Å². The minimum Gasteiger partial charge on any atom is -0.400 e. The van der Waals surface area contributed by atoms with Gasteiger partial charge in [0, 0.05) is 5.56 Å². The molecule has 0 saturated carbocycles. The van der Waals surface area contributed by atoms with Crippen LogP contribution in [0.4, 0.5) is 0 Å². The number of Topliss-reactive ketones (excluding diaryl/α,β-unsaturated/α-hetero) is 1. The van der Waals surface area contributed by atoms with Crippen molar-refractivity contribution < 1.29 is 9.22 Å². The van der Waals surface area contributed by atoms with Gasteiger partial charge in [0.1, 0.15) is 0 Å². The Hall–Kier alpha value is -2.49. The van der Waals surface area contributed by atoms with Gasteiger partial charge in [-0.2, -0.15) is 0 Å². The summed E-state index contributed by atoms with van der Waals surface area (Å²) in [6, 6.07) is 30.2. The smallest absolute Gasteiger partial charge is 0.261 e. The second-order valence-corrected chi connectivity index (χ2v) is 12.0. The maximum atomic E-state index is 12.8. The fourth-order valence-corrected chi connectivity index (χ4v) is 8.15. The molecule has 0 aliphatic heterocycles. The van der Waals surface area contributed by atoms with Crippen LogP contribution in [0.25, 0.3) is 0 Å². The second-order valence-electron chi connectivity index (χ2n) is 7.74. The lowest BCUT2D eigenvalue weighted by Gasteiger charge is -2.42. The molecule has 3 heteroatoms. The normalized spacial score (nSPS) is 12.0. The summed E-state index contributed by atoms with van der Waals surface area (Å²) in [5.41, 5.74) is 0.690. The zero-order valence-corrected chi connectivity index (χ0v) is 17.2. The van der Waals surface area contributed by atoms with Crippen LogP contribution in [0.15, 0.2) is 91.0 Å². The van der Waals surface area contributed by atoms with Gasteiger partial charge >= 0.3 is 0 Å². The van der Waals surface area contributed by atoms with Crippen molar-refractivity contribution in [2.24, 2.45) is 0 Å². The molecule has 2 nitrogen and oxygen atoms in total. The summed E-state index contributed by atoms with van der Waals surface area (Å²) in [5, 5.41) is 2.24. The number of carbonyl (C=O) groups is 1. The van der Waals surface area contributed by atoms with Gasteiger partial charge in [-0.15, -0.1) is 0 Å². The third-order valence-corrected chi connectivity index (χ3v) is 9.91. The molecule has 0 heterocycles. The maximum absolute atomic E-state index is 12.8. The van der Waals surface area contributed by atoms with Crippen molar-refractivity contribution in [1.29, 1.82) is 0 Å². The van der Waals surface area contributed by atoms with Crippen molar-refractivity contribution in [1.82, 2.24) is 0 Å². The van der Waals surface area contributed by atoms with Crippen molar-refractivity contribution in [3.05, 3.63) is 96.6 Å². The molecule has 0 amide bonds. The molecule has 0 unspecified atom stereocenters. The lowest BCUT2D eigenvalue weighted by molar-refractivity contribution is 0.0914. The summed E-state index contributed by atoms with van der Waals surface area (Å²) < 4.78 is 6.67. The summed E-state index contributed by atoms with van der Waals surface area (Å²) in [5.74, 6) is 0.0172. The Kier molecular flexibility index (Phi) is 5.73. The zero-order valence-electron chi connectivity index (χ0n) is 16.2. The monoisotopic (exact) mass is 374 g/mol. The Morgan fingerprint density at radius 2 is 1.15 bits per heavy atom. The van der Waals surface area contributed by atoms with Crippen molar-refractivity contribution in [2.45, 2.75) is 25.8 Å². The quantitative estimate of drug-likeness (QED) is 0.471. The highest BCUT2D eigenvalue weighted by Gasteiger charge is 2.50. The van der Waals surface area contributed by atoms with Crippen molar-refractivity contribution in [3.63, 3.8) is 0 Å². The molecule has 3 aromatic carbocycles. The molecule has 0 aromatic heterocycles. The fraction of sp³-hybridized carbons (Fsp3) is 0.208. The Morgan fingerprint density at radius 3 is 1.56 bits per heavy atom. The Morgan fingerprint density at radius 1 is 0.741 bits per heavy atom. The molecule has 0 aliphatic rings. The van der Waals surface area contributed by atoms with Crippen LogP contribution in [0.1, 0.15) is 31.1 Å². The van der Waals surface area contributed by atoms with Gasteiger partial charge in [0.05, 0.1) is 6.61 Å². The first kappa shape index (κ1) is 19.3. The van der Waals surface area contributed by atoms with E-state index in [9.17, 15) is 4.79 Å². The lowest BCUT2D eigenvalue weighted by atomic mass is 10.1. The number of hydrogen-bond donors (Lipinski definition) is 0. The summed E-state index contributed by atoms with van der Waals surface area (Å²) >= 11 is 0. The topological polar surface area (TPSA) is 26.3 Å². The predicted molar refractivity (Wildman–Crippen MR) is 114 cm³/mol. The summed E-state index contributed by atoms with van der Waals surface area (Å²) in [6.07, 6.45) is 0. The van der Waals surface area contributed by atoms with Gasteiger partial charge in [-0.1, -0.05) is 112 Å². The van der Waals surface area contributed by atoms with Gasteiger partial charge in [0.25, 0.3) is 8.32 Å². The number of hydrogen-bond acceptors (Lipinski definition) is 2. The summed E-state index contributed by atoms with van der Waals surface area (Å²) in [4.78, 5) is 12.8. The van der Waals surface area contributed by atoms with Crippen LogP contribution in [0, 0.1) is 0 Å². The highest BCUT2D eigenvalue weighted by Crippen LogP contribution is 2.36. The maximum Gasteiger partial charge on any atom is 0.261 e. The molecule has 3 aromatic rings. The molecule has 0 bridgehead atoms. The van der Waals surface area contributed by atoms with E-state index in [1.165, 1.54) is 10.4 Å². The van der Waals surface area contributed by atoms with Crippen molar-refractivity contribution >= 4 is 24.5 Å². The van der Waals surface area contributed by atoms with Gasteiger partial charge in [-0.25, -0.2) is 0 Å². The zero-order chi connectivity index (χ0) is 19.3. The second kappa shape index (κ2) is 8.03. The molecule has 138 valence electrons. The summed E-state index contributed by atoms with van der Waals surface area (Å²) in [6.45, 7) is 6.72. The number of benzene rings is 3. The minimum absolute atomic E-state index is 0.0172. The first-order chi connectivity index (χ1) is 12.9. The molecular weight excluding hydrogens is 348 g/mol. The van der Waals surface area contributed by atoms with Crippen LogP contribution < -0.4 is 10.4 Å². The van der Waals surface area contributed by atoms with Crippen LogP contribution >= 0.6 is 0 Å². The highest BCUT2D eigenvalue weighted by molar-refractivity contribution is 6.99. The molecule has 0 aliphatic carbocycles. The van der Waals surface area contributed by atoms with Gasteiger partial charge in [-0.05, 0) is 15.4 Å². The van der Waals surface area contributed by atoms with Crippen LogP contribution in [0.2, 0.25) is 5.04 Å². The lowest BCUT2D eigenvalue weighted by Crippen LogP contribution is -2.67. The van der Waals surface area contributed by atoms with E-state index < -0.39 is 8.32 Å². The molecule has 27 heavy (non-hydrogen) atoms. The van der Waals surface area contributed by atoms with Crippen LogP contribution in [-0.4, -0.2) is 20.7 Å². The number of ketones is 1. The van der Waals surface area contributed by atoms with E-state index in [0.717, 1.165) is 0 Å². The molecule has 0 N–H and O–H groups in total. The number of rotatable bonds is 6. The van der Waals surface area contributed by atoms with E-state index in [-0.39, 0.29) is 17.4 Å². The Labute approximate surface area is 163 Å². The fourth-order valence-electron chi connectivity index (χ4n) is 3.64. The van der Waals surface area contributed by atoms with E-state index in [0.29, 0.717) is 5.56 Å². The molecule has 3 rings (SSSR count). The van der Waals surface area contributed by atoms with Gasteiger partial charge in [-0.3, -0.25) is 4.79 Å². The molecule has 0 fully saturated rings. The largest absolute Gasteiger partial charge is 0.400 e. The summed E-state index contributed by atoms with van der Waals surface area (Å²) in [7, 11) is -2.67. The molecule has 0 spiro atoms. The molecule has 0 atom stereocenters. The van der Waals surface area contributed by atoms with Crippen LogP contribution in [-0.2, 0) is 4.43 Å². The average Bonchev–Trinajstić information content (AvgIpc) is 2.69. The highest BCUT2D eigenvalue weighted by atomic mass is 28.4. The van der Waals surface area contributed by atoms with E-state index in [1.54, 1.807) is 0 Å². The first-order valence-corrected chi connectivity index (χ1v) is 11.2. The van der Waals surface area contributed by atoms with Crippen molar-refractivity contribution in [2.75, 3.05) is 6.61 Å². The van der Waals surface area contributed by atoms with E-state index in [4.69, 9.17) is 4.43 Å². The molecule has 0 saturated heterocycles. The van der Waals surface area contributed by atoms with E-state index in [1.807, 2.05) is 66.7 Å². The number of carbonyl (C=O) groups excluding carboxylic acids is 1. The van der Waals surface area contributed by atoms with Crippen LogP contribution in [0.3, 0.4) is 0 Å². The van der Waals surface area contributed by atoms with Crippen LogP contribution in [0.5, 0.6) is 0 Å². The Bertz CT molecular complexity index is 829. The van der Waals surface area contributed by atoms with Crippen molar-refractivity contribution in [3.8, 4) is 0 Å². The third-order valence-electron chi connectivity index (χ3n) is 4.93. The van der Waals surface area contributed by atoms with Gasteiger partial charge in [0.2, 0.25) is 0 Å². The average molecular weight is 375 g/mol. The van der Waals surface area contributed by atoms with Gasteiger partial charge in [0.15, 0.2) is 5.78 Å². The predicted octanol–water partition coefficient (Wildman–Crippen LogP) is 4.45. The Balaban J connectivity index is 2.05. The third kappa shape index (κ3) is 3.94. The van der Waals surface area contributed by atoms with E-state index >= 15 is 0 Å². The molecule has 0 radical (unpaired) electrons.